The normalized spacial score (nSPS) is 17.3. The topological polar surface area (TPSA) is 18.5 Å². The van der Waals surface area contributed by atoms with E-state index >= 15 is 0 Å². The van der Waals surface area contributed by atoms with Gasteiger partial charge in [-0.1, -0.05) is 13.0 Å². The first kappa shape index (κ1) is 16.3. The Balaban J connectivity index is 1.99. The fourth-order valence-corrected chi connectivity index (χ4v) is 2.97. The molecule has 0 aliphatic carbocycles. The quantitative estimate of drug-likeness (QED) is 0.919. The van der Waals surface area contributed by atoms with Gasteiger partial charge in [0.05, 0.1) is 0 Å². The van der Waals surface area contributed by atoms with Crippen molar-refractivity contribution in [1.29, 1.82) is 0 Å². The van der Waals surface area contributed by atoms with Gasteiger partial charge in [-0.05, 0) is 57.5 Å². The van der Waals surface area contributed by atoms with Crippen molar-refractivity contribution < 1.29 is 0 Å². The van der Waals surface area contributed by atoms with Gasteiger partial charge >= 0.3 is 0 Å². The van der Waals surface area contributed by atoms with Gasteiger partial charge in [-0.25, -0.2) is 0 Å². The van der Waals surface area contributed by atoms with Crippen LogP contribution < -0.4 is 10.2 Å². The van der Waals surface area contributed by atoms with Crippen LogP contribution in [0.5, 0.6) is 0 Å². The summed E-state index contributed by atoms with van der Waals surface area (Å²) in [5.41, 5.74) is 4.47. The first-order valence-electron chi connectivity index (χ1n) is 8.22. The third-order valence-corrected chi connectivity index (χ3v) is 4.49. The molecule has 0 unspecified atom stereocenters. The van der Waals surface area contributed by atoms with Crippen LogP contribution >= 0.6 is 0 Å². The maximum Gasteiger partial charge on any atom is 0.0369 e. The fraction of sp³-hybridized carbons (Fsp3) is 0.667. The molecule has 0 atom stereocenters. The molecule has 1 aliphatic rings. The van der Waals surface area contributed by atoms with Crippen molar-refractivity contribution in [3.05, 3.63) is 29.3 Å². The predicted molar refractivity (Wildman–Crippen MR) is 92.1 cm³/mol. The Hall–Kier alpha value is -1.06. The van der Waals surface area contributed by atoms with E-state index in [0.29, 0.717) is 0 Å². The highest BCUT2D eigenvalue weighted by atomic mass is 15.3. The highest BCUT2D eigenvalue weighted by Gasteiger charge is 2.25. The second-order valence-electron chi connectivity index (χ2n) is 7.04. The molecule has 1 aromatic carbocycles. The third-order valence-electron chi connectivity index (χ3n) is 4.49. The minimum Gasteiger partial charge on any atom is -0.369 e. The minimum absolute atomic E-state index is 0.289. The van der Waals surface area contributed by atoms with E-state index in [0.717, 1.165) is 39.3 Å². The predicted octanol–water partition coefficient (Wildman–Crippen LogP) is 3.03. The second kappa shape index (κ2) is 6.80. The Kier molecular flexibility index (Phi) is 5.28. The van der Waals surface area contributed by atoms with Gasteiger partial charge in [-0.15, -0.1) is 0 Å². The molecule has 3 nitrogen and oxygen atoms in total. The number of hydrogen-bond acceptors (Lipinski definition) is 3. The van der Waals surface area contributed by atoms with E-state index < -0.39 is 0 Å². The molecule has 21 heavy (non-hydrogen) atoms. The summed E-state index contributed by atoms with van der Waals surface area (Å²) in [4.78, 5) is 5.10. The SMILES string of the molecule is CCNCc1ccc(N2CCN(C(C)(C)C)CC2)cc1C. The van der Waals surface area contributed by atoms with Crippen LogP contribution in [0, 0.1) is 6.92 Å². The molecule has 1 fully saturated rings. The molecule has 1 heterocycles. The number of aryl methyl sites for hydroxylation is 1. The highest BCUT2D eigenvalue weighted by Crippen LogP contribution is 2.23. The Morgan fingerprint density at radius 1 is 1.10 bits per heavy atom. The van der Waals surface area contributed by atoms with Crippen LogP contribution in [0.1, 0.15) is 38.8 Å². The van der Waals surface area contributed by atoms with Gasteiger partial charge in [-0.3, -0.25) is 4.90 Å². The van der Waals surface area contributed by atoms with Crippen molar-refractivity contribution in [2.24, 2.45) is 0 Å². The van der Waals surface area contributed by atoms with Gasteiger partial charge in [0.25, 0.3) is 0 Å². The highest BCUT2D eigenvalue weighted by molar-refractivity contribution is 5.51. The number of rotatable bonds is 4. The molecule has 1 N–H and O–H groups in total. The lowest BCUT2D eigenvalue weighted by molar-refractivity contribution is 0.128. The van der Waals surface area contributed by atoms with E-state index in [-0.39, 0.29) is 5.54 Å². The molecule has 0 bridgehead atoms. The zero-order valence-electron chi connectivity index (χ0n) is 14.4. The van der Waals surface area contributed by atoms with Crippen molar-refractivity contribution in [1.82, 2.24) is 10.2 Å². The molecule has 3 heteroatoms. The first-order chi connectivity index (χ1) is 9.91. The van der Waals surface area contributed by atoms with Crippen LogP contribution in [0.25, 0.3) is 0 Å². The molecule has 0 radical (unpaired) electrons. The Morgan fingerprint density at radius 2 is 1.76 bits per heavy atom. The third kappa shape index (κ3) is 4.21. The second-order valence-corrected chi connectivity index (χ2v) is 7.04. The van der Waals surface area contributed by atoms with Gasteiger partial charge in [0.2, 0.25) is 0 Å². The van der Waals surface area contributed by atoms with Crippen LogP contribution in [0.4, 0.5) is 5.69 Å². The number of piperazine rings is 1. The van der Waals surface area contributed by atoms with Gasteiger partial charge in [0.1, 0.15) is 0 Å². The minimum atomic E-state index is 0.289. The van der Waals surface area contributed by atoms with E-state index in [1.165, 1.54) is 16.8 Å². The molecule has 2 rings (SSSR count). The van der Waals surface area contributed by atoms with Gasteiger partial charge in [0.15, 0.2) is 0 Å². The zero-order chi connectivity index (χ0) is 15.5. The molecule has 0 aromatic heterocycles. The summed E-state index contributed by atoms with van der Waals surface area (Å²) in [6, 6.07) is 6.91. The number of nitrogens with one attached hydrogen (secondary N) is 1. The van der Waals surface area contributed by atoms with Gasteiger partial charge in [-0.2, -0.15) is 0 Å². The number of nitrogens with zero attached hydrogens (tertiary/aromatic N) is 2. The van der Waals surface area contributed by atoms with E-state index in [1.807, 2.05) is 0 Å². The van der Waals surface area contributed by atoms with Crippen molar-refractivity contribution in [3.8, 4) is 0 Å². The molecule has 118 valence electrons. The summed E-state index contributed by atoms with van der Waals surface area (Å²) >= 11 is 0. The standard InChI is InChI=1S/C18H31N3/c1-6-19-14-16-7-8-17(13-15(16)2)20-9-11-21(12-10-20)18(3,4)5/h7-8,13,19H,6,9-12,14H2,1-5H3. The van der Waals surface area contributed by atoms with Crippen molar-refractivity contribution in [2.45, 2.75) is 46.7 Å². The molecule has 1 saturated heterocycles. The number of anilines is 1. The van der Waals surface area contributed by atoms with Gasteiger partial charge in [0, 0.05) is 44.0 Å². The largest absolute Gasteiger partial charge is 0.369 e. The van der Waals surface area contributed by atoms with E-state index in [9.17, 15) is 0 Å². The zero-order valence-corrected chi connectivity index (χ0v) is 14.4. The van der Waals surface area contributed by atoms with Crippen molar-refractivity contribution >= 4 is 5.69 Å². The van der Waals surface area contributed by atoms with Crippen molar-refractivity contribution in [2.75, 3.05) is 37.6 Å². The first-order valence-corrected chi connectivity index (χ1v) is 8.22. The van der Waals surface area contributed by atoms with Gasteiger partial charge < -0.3 is 10.2 Å². The molecular formula is C18H31N3. The summed E-state index contributed by atoms with van der Waals surface area (Å²) < 4.78 is 0. The van der Waals surface area contributed by atoms with Crippen molar-refractivity contribution in [3.63, 3.8) is 0 Å². The van der Waals surface area contributed by atoms with Crippen LogP contribution in [0.15, 0.2) is 18.2 Å². The molecule has 0 spiro atoms. The molecular weight excluding hydrogens is 258 g/mol. The lowest BCUT2D eigenvalue weighted by atomic mass is 10.0. The molecule has 0 amide bonds. The molecule has 0 saturated carbocycles. The Morgan fingerprint density at radius 3 is 2.29 bits per heavy atom. The van der Waals surface area contributed by atoms with E-state index in [1.54, 1.807) is 0 Å². The number of benzene rings is 1. The van der Waals surface area contributed by atoms with Crippen LogP contribution in [-0.4, -0.2) is 43.2 Å². The Labute approximate surface area is 130 Å². The number of hydrogen-bond donors (Lipinski definition) is 1. The average Bonchev–Trinajstić information content (AvgIpc) is 2.45. The lowest BCUT2D eigenvalue weighted by Crippen LogP contribution is -2.53. The monoisotopic (exact) mass is 289 g/mol. The smallest absolute Gasteiger partial charge is 0.0369 e. The summed E-state index contributed by atoms with van der Waals surface area (Å²) in [5.74, 6) is 0. The maximum atomic E-state index is 3.41. The van der Waals surface area contributed by atoms with E-state index in [4.69, 9.17) is 0 Å². The summed E-state index contributed by atoms with van der Waals surface area (Å²) in [6.45, 7) is 17.9. The Bertz CT molecular complexity index is 454. The average molecular weight is 289 g/mol. The fourth-order valence-electron chi connectivity index (χ4n) is 2.97. The van der Waals surface area contributed by atoms with Crippen LogP contribution in [0.3, 0.4) is 0 Å². The van der Waals surface area contributed by atoms with Crippen LogP contribution in [0.2, 0.25) is 0 Å². The van der Waals surface area contributed by atoms with Crippen LogP contribution in [-0.2, 0) is 6.54 Å². The summed E-state index contributed by atoms with van der Waals surface area (Å²) in [5, 5.41) is 3.41. The van der Waals surface area contributed by atoms with E-state index in [2.05, 4.69) is 67.9 Å². The molecule has 1 aliphatic heterocycles. The lowest BCUT2D eigenvalue weighted by Gasteiger charge is -2.43. The summed E-state index contributed by atoms with van der Waals surface area (Å²) in [7, 11) is 0. The summed E-state index contributed by atoms with van der Waals surface area (Å²) in [6.07, 6.45) is 0. The maximum absolute atomic E-state index is 3.41. The molecule has 1 aromatic rings.